The summed E-state index contributed by atoms with van der Waals surface area (Å²) in [5.74, 6) is 0. The predicted molar refractivity (Wildman–Crippen MR) is 89.9 cm³/mol. The molecule has 0 saturated heterocycles. The minimum absolute atomic E-state index is 0.0465. The first-order valence-corrected chi connectivity index (χ1v) is 7.76. The molecule has 1 atom stereocenters. The fraction of sp³-hybridized carbons (Fsp3) is 0.333. The molecule has 0 aromatic heterocycles. The quantitative estimate of drug-likeness (QED) is 0.842. The Labute approximate surface area is 130 Å². The van der Waals surface area contributed by atoms with E-state index in [0.29, 0.717) is 0 Å². The molecule has 2 rings (SSSR count). The van der Waals surface area contributed by atoms with Crippen LogP contribution < -0.4 is 5.73 Å². The van der Waals surface area contributed by atoms with Gasteiger partial charge in [-0.15, -0.1) is 0 Å². The molecule has 1 nitrogen and oxygen atoms in total. The number of nitrogens with two attached hydrogens (primary N) is 1. The summed E-state index contributed by atoms with van der Waals surface area (Å²) in [6.07, 6.45) is 0.863. The van der Waals surface area contributed by atoms with Crippen LogP contribution >= 0.6 is 15.9 Å². The zero-order valence-corrected chi connectivity index (χ0v) is 13.9. The third kappa shape index (κ3) is 3.94. The van der Waals surface area contributed by atoms with Gasteiger partial charge in [0.05, 0.1) is 0 Å². The van der Waals surface area contributed by atoms with Crippen molar-refractivity contribution in [2.75, 3.05) is 0 Å². The lowest BCUT2D eigenvalue weighted by molar-refractivity contribution is 0.589. The van der Waals surface area contributed by atoms with Crippen LogP contribution in [0.3, 0.4) is 0 Å². The summed E-state index contributed by atoms with van der Waals surface area (Å²) in [7, 11) is 0. The molecule has 2 N–H and O–H groups in total. The second kappa shape index (κ2) is 6.11. The summed E-state index contributed by atoms with van der Waals surface area (Å²) in [5, 5.41) is 0. The molecule has 0 bridgehead atoms. The Hall–Kier alpha value is -1.12. The standard InChI is InChI=1S/C18H22BrN/c1-18(2,3)15-8-6-14(7-9-15)17(20)12-13-4-10-16(19)11-5-13/h4-11,17H,12,20H2,1-3H3. The van der Waals surface area contributed by atoms with Crippen molar-refractivity contribution in [1.29, 1.82) is 0 Å². The average Bonchev–Trinajstić information content (AvgIpc) is 2.40. The molecule has 0 aliphatic heterocycles. The zero-order chi connectivity index (χ0) is 14.8. The Kier molecular flexibility index (Phi) is 4.66. The summed E-state index contributed by atoms with van der Waals surface area (Å²) in [5.41, 5.74) is 10.3. The highest BCUT2D eigenvalue weighted by molar-refractivity contribution is 9.10. The third-order valence-electron chi connectivity index (χ3n) is 3.57. The molecule has 0 radical (unpaired) electrons. The lowest BCUT2D eigenvalue weighted by Gasteiger charge is -2.20. The smallest absolute Gasteiger partial charge is 0.0335 e. The second-order valence-corrected chi connectivity index (χ2v) is 7.22. The highest BCUT2D eigenvalue weighted by Crippen LogP contribution is 2.24. The number of hydrogen-bond donors (Lipinski definition) is 1. The van der Waals surface area contributed by atoms with Crippen molar-refractivity contribution in [3.05, 3.63) is 69.7 Å². The van der Waals surface area contributed by atoms with Gasteiger partial charge in [-0.25, -0.2) is 0 Å². The molecule has 2 aromatic rings. The summed E-state index contributed by atoms with van der Waals surface area (Å²) in [6, 6.07) is 17.1. The van der Waals surface area contributed by atoms with Crippen LogP contribution in [0, 0.1) is 0 Å². The first kappa shape index (κ1) is 15.3. The molecule has 0 aliphatic rings. The van der Waals surface area contributed by atoms with E-state index in [1.807, 2.05) is 0 Å². The lowest BCUT2D eigenvalue weighted by atomic mass is 9.86. The number of hydrogen-bond acceptors (Lipinski definition) is 1. The third-order valence-corrected chi connectivity index (χ3v) is 4.10. The van der Waals surface area contributed by atoms with Gasteiger partial charge in [-0.1, -0.05) is 73.1 Å². The van der Waals surface area contributed by atoms with Crippen LogP contribution in [0.25, 0.3) is 0 Å². The molecule has 2 heteroatoms. The monoisotopic (exact) mass is 331 g/mol. The van der Waals surface area contributed by atoms with E-state index in [2.05, 4.69) is 85.2 Å². The van der Waals surface area contributed by atoms with Crippen molar-refractivity contribution >= 4 is 15.9 Å². The summed E-state index contributed by atoms with van der Waals surface area (Å²) in [6.45, 7) is 6.68. The molecular weight excluding hydrogens is 310 g/mol. The molecule has 0 heterocycles. The summed E-state index contributed by atoms with van der Waals surface area (Å²) in [4.78, 5) is 0. The Morgan fingerprint density at radius 3 is 2.00 bits per heavy atom. The van der Waals surface area contributed by atoms with Gasteiger partial charge in [-0.2, -0.15) is 0 Å². The molecule has 0 spiro atoms. The fourth-order valence-electron chi connectivity index (χ4n) is 2.22. The van der Waals surface area contributed by atoms with Gasteiger partial charge in [0.15, 0.2) is 0 Å². The first-order chi connectivity index (χ1) is 9.36. The van der Waals surface area contributed by atoms with Gasteiger partial charge >= 0.3 is 0 Å². The van der Waals surface area contributed by atoms with Gasteiger partial charge in [0.25, 0.3) is 0 Å². The van der Waals surface area contributed by atoms with E-state index >= 15 is 0 Å². The van der Waals surface area contributed by atoms with Crippen molar-refractivity contribution < 1.29 is 0 Å². The molecular formula is C18H22BrN. The lowest BCUT2D eigenvalue weighted by Crippen LogP contribution is -2.15. The second-order valence-electron chi connectivity index (χ2n) is 6.31. The molecule has 1 unspecified atom stereocenters. The molecule has 0 fully saturated rings. The van der Waals surface area contributed by atoms with E-state index in [0.717, 1.165) is 10.9 Å². The minimum atomic E-state index is 0.0465. The van der Waals surface area contributed by atoms with Crippen LogP contribution in [-0.2, 0) is 11.8 Å². The summed E-state index contributed by atoms with van der Waals surface area (Å²) < 4.78 is 1.10. The largest absolute Gasteiger partial charge is 0.324 e. The highest BCUT2D eigenvalue weighted by atomic mass is 79.9. The van der Waals surface area contributed by atoms with E-state index < -0.39 is 0 Å². The zero-order valence-electron chi connectivity index (χ0n) is 12.4. The van der Waals surface area contributed by atoms with Crippen molar-refractivity contribution in [2.45, 2.75) is 38.6 Å². The van der Waals surface area contributed by atoms with Crippen LogP contribution in [0.1, 0.15) is 43.5 Å². The van der Waals surface area contributed by atoms with Gasteiger partial charge in [-0.3, -0.25) is 0 Å². The van der Waals surface area contributed by atoms with Crippen molar-refractivity contribution in [3.8, 4) is 0 Å². The topological polar surface area (TPSA) is 26.0 Å². The Balaban J connectivity index is 2.09. The van der Waals surface area contributed by atoms with Crippen LogP contribution in [0.2, 0.25) is 0 Å². The SMILES string of the molecule is CC(C)(C)c1ccc(C(N)Cc2ccc(Br)cc2)cc1. The highest BCUT2D eigenvalue weighted by Gasteiger charge is 2.14. The maximum absolute atomic E-state index is 6.31. The summed E-state index contributed by atoms with van der Waals surface area (Å²) >= 11 is 3.45. The molecule has 0 saturated carbocycles. The maximum Gasteiger partial charge on any atom is 0.0335 e. The van der Waals surface area contributed by atoms with Crippen molar-refractivity contribution in [3.63, 3.8) is 0 Å². The van der Waals surface area contributed by atoms with E-state index in [9.17, 15) is 0 Å². The van der Waals surface area contributed by atoms with Gasteiger partial charge in [0.2, 0.25) is 0 Å². The number of rotatable bonds is 3. The Morgan fingerprint density at radius 2 is 1.50 bits per heavy atom. The molecule has 20 heavy (non-hydrogen) atoms. The molecule has 106 valence electrons. The Morgan fingerprint density at radius 1 is 0.950 bits per heavy atom. The van der Waals surface area contributed by atoms with Crippen LogP contribution in [-0.4, -0.2) is 0 Å². The minimum Gasteiger partial charge on any atom is -0.324 e. The number of halogens is 1. The van der Waals surface area contributed by atoms with Gasteiger partial charge < -0.3 is 5.73 Å². The van der Waals surface area contributed by atoms with E-state index in [1.165, 1.54) is 16.7 Å². The molecule has 0 aliphatic carbocycles. The Bertz CT molecular complexity index is 549. The van der Waals surface area contributed by atoms with Crippen molar-refractivity contribution in [2.24, 2.45) is 5.73 Å². The first-order valence-electron chi connectivity index (χ1n) is 6.97. The molecule has 2 aromatic carbocycles. The van der Waals surface area contributed by atoms with Crippen molar-refractivity contribution in [1.82, 2.24) is 0 Å². The van der Waals surface area contributed by atoms with Crippen LogP contribution in [0.4, 0.5) is 0 Å². The van der Waals surface area contributed by atoms with Gasteiger partial charge in [-0.05, 0) is 40.7 Å². The van der Waals surface area contributed by atoms with Gasteiger partial charge in [0.1, 0.15) is 0 Å². The maximum atomic E-state index is 6.31. The van der Waals surface area contributed by atoms with E-state index in [-0.39, 0.29) is 11.5 Å². The predicted octanol–water partition coefficient (Wildman–Crippen LogP) is 4.99. The van der Waals surface area contributed by atoms with Crippen LogP contribution in [0.15, 0.2) is 53.0 Å². The normalized spacial score (nSPS) is 13.2. The average molecular weight is 332 g/mol. The fourth-order valence-corrected chi connectivity index (χ4v) is 2.49. The number of benzene rings is 2. The van der Waals surface area contributed by atoms with Crippen LogP contribution in [0.5, 0.6) is 0 Å². The van der Waals surface area contributed by atoms with E-state index in [4.69, 9.17) is 5.73 Å². The van der Waals surface area contributed by atoms with E-state index in [1.54, 1.807) is 0 Å². The van der Waals surface area contributed by atoms with Gasteiger partial charge in [0, 0.05) is 10.5 Å². The molecule has 0 amide bonds.